The Morgan fingerprint density at radius 1 is 0.870 bits per heavy atom. The molecule has 0 N–H and O–H groups in total. The molecular formula is C18H37NO3S. The van der Waals surface area contributed by atoms with Gasteiger partial charge in [-0.1, -0.05) is 26.2 Å². The van der Waals surface area contributed by atoms with Crippen LogP contribution in [0.1, 0.15) is 84.0 Å². The molecule has 0 heterocycles. The van der Waals surface area contributed by atoms with Crippen LogP contribution in [-0.2, 0) is 10.1 Å². The van der Waals surface area contributed by atoms with Crippen LogP contribution >= 0.6 is 0 Å². The number of hydrogen-bond donors (Lipinski definition) is 0. The second-order valence-corrected chi connectivity index (χ2v) is 9.35. The molecule has 2 rings (SSSR count). The topological polar surface area (TPSA) is 57.2 Å². The lowest BCUT2D eigenvalue weighted by Gasteiger charge is -2.47. The molecule has 2 aliphatic carbocycles. The first-order valence-electron chi connectivity index (χ1n) is 9.54. The number of hydrogen-bond acceptors (Lipinski definition) is 3. The molecule has 0 spiro atoms. The molecule has 2 saturated carbocycles. The third-order valence-corrected chi connectivity index (χ3v) is 6.57. The van der Waals surface area contributed by atoms with Crippen molar-refractivity contribution in [3.63, 3.8) is 0 Å². The monoisotopic (exact) mass is 347 g/mol. The fourth-order valence-electron chi connectivity index (χ4n) is 4.11. The van der Waals surface area contributed by atoms with E-state index in [0.717, 1.165) is 18.5 Å². The van der Waals surface area contributed by atoms with Gasteiger partial charge in [0.1, 0.15) is 0 Å². The Morgan fingerprint density at radius 3 is 1.52 bits per heavy atom. The van der Waals surface area contributed by atoms with Gasteiger partial charge in [-0.2, -0.15) is 0 Å². The fraction of sp³-hybridized carbons (Fsp3) is 1.00. The summed E-state index contributed by atoms with van der Waals surface area (Å²) < 4.78 is 30.8. The Kier molecular flexibility index (Phi) is 9.09. The molecule has 2 aliphatic rings. The van der Waals surface area contributed by atoms with Crippen LogP contribution in [0.25, 0.3) is 0 Å². The number of unbranched alkanes of at least 4 members (excludes halogenated alkanes) is 1. The van der Waals surface area contributed by atoms with Gasteiger partial charge in [-0.05, 0) is 57.8 Å². The van der Waals surface area contributed by atoms with E-state index in [9.17, 15) is 13.0 Å². The van der Waals surface area contributed by atoms with Crippen molar-refractivity contribution >= 4 is 10.1 Å². The van der Waals surface area contributed by atoms with Crippen LogP contribution in [0, 0.1) is 0 Å². The molecule has 0 bridgehead atoms. The zero-order valence-corrected chi connectivity index (χ0v) is 16.2. The van der Waals surface area contributed by atoms with Crippen LogP contribution in [0.5, 0.6) is 0 Å². The standard InChI is InChI=1S/C14H28N.C4H10O3S/c1-15(2,13-9-5-3-6-10-13)14-11-7-4-8-12-14;1-2-3-4-8(5,6)7/h13-14H,3-12H2,1-2H3;2-4H2,1H3,(H,5,6,7)/q+1;/p-1. The van der Waals surface area contributed by atoms with Gasteiger partial charge in [0, 0.05) is 5.75 Å². The lowest BCUT2D eigenvalue weighted by Crippen LogP contribution is -2.56. The van der Waals surface area contributed by atoms with E-state index in [0.29, 0.717) is 6.42 Å². The van der Waals surface area contributed by atoms with Crippen LogP contribution in [0.4, 0.5) is 0 Å². The lowest BCUT2D eigenvalue weighted by atomic mass is 9.87. The minimum absolute atomic E-state index is 0.219. The van der Waals surface area contributed by atoms with Crippen molar-refractivity contribution in [1.82, 2.24) is 0 Å². The summed E-state index contributed by atoms with van der Waals surface area (Å²) in [5.41, 5.74) is 0. The van der Waals surface area contributed by atoms with Gasteiger partial charge in [-0.15, -0.1) is 0 Å². The normalized spacial score (nSPS) is 21.6. The summed E-state index contributed by atoms with van der Waals surface area (Å²) in [5.74, 6) is -0.219. The predicted octanol–water partition coefficient (Wildman–Crippen LogP) is 4.06. The Hall–Kier alpha value is -0.130. The van der Waals surface area contributed by atoms with E-state index in [1.807, 2.05) is 6.92 Å². The van der Waals surface area contributed by atoms with E-state index in [2.05, 4.69) is 14.1 Å². The maximum absolute atomic E-state index is 9.83. The Balaban J connectivity index is 0.000000284. The zero-order chi connectivity index (χ0) is 17.3. The molecule has 0 aliphatic heterocycles. The van der Waals surface area contributed by atoms with Crippen LogP contribution < -0.4 is 0 Å². The predicted molar refractivity (Wildman–Crippen MR) is 95.3 cm³/mol. The molecule has 5 heteroatoms. The molecular weight excluding hydrogens is 310 g/mol. The first kappa shape index (κ1) is 20.9. The maximum Gasteiger partial charge on any atom is 0.0945 e. The summed E-state index contributed by atoms with van der Waals surface area (Å²) in [4.78, 5) is 0. The summed E-state index contributed by atoms with van der Waals surface area (Å²) in [6.07, 6.45) is 16.1. The minimum atomic E-state index is -3.94. The van der Waals surface area contributed by atoms with Gasteiger partial charge < -0.3 is 9.04 Å². The Morgan fingerprint density at radius 2 is 1.26 bits per heavy atom. The second-order valence-electron chi connectivity index (χ2n) is 7.83. The summed E-state index contributed by atoms with van der Waals surface area (Å²) in [6, 6.07) is 1.95. The Bertz CT molecular complexity index is 388. The van der Waals surface area contributed by atoms with Crippen molar-refractivity contribution in [2.75, 3.05) is 19.8 Å². The summed E-state index contributed by atoms with van der Waals surface area (Å²) in [6.45, 7) is 1.84. The van der Waals surface area contributed by atoms with Crippen LogP contribution in [0.2, 0.25) is 0 Å². The molecule has 2 fully saturated rings. The summed E-state index contributed by atoms with van der Waals surface area (Å²) >= 11 is 0. The molecule has 23 heavy (non-hydrogen) atoms. The van der Waals surface area contributed by atoms with Crippen LogP contribution in [0.3, 0.4) is 0 Å². The van der Waals surface area contributed by atoms with E-state index in [1.54, 1.807) is 0 Å². The molecule has 0 aromatic heterocycles. The van der Waals surface area contributed by atoms with Gasteiger partial charge in [0.05, 0.1) is 36.3 Å². The third-order valence-electron chi connectivity index (χ3n) is 5.78. The molecule has 138 valence electrons. The average molecular weight is 348 g/mol. The number of quaternary nitrogens is 1. The highest BCUT2D eigenvalue weighted by Crippen LogP contribution is 2.33. The molecule has 0 aromatic rings. The molecule has 4 nitrogen and oxygen atoms in total. The van der Waals surface area contributed by atoms with Crippen molar-refractivity contribution < 1.29 is 17.5 Å². The quantitative estimate of drug-likeness (QED) is 0.556. The first-order chi connectivity index (χ1) is 10.8. The molecule has 0 saturated heterocycles. The smallest absolute Gasteiger partial charge is 0.0945 e. The van der Waals surface area contributed by atoms with Gasteiger partial charge in [-0.3, -0.25) is 0 Å². The van der Waals surface area contributed by atoms with E-state index >= 15 is 0 Å². The molecule has 0 radical (unpaired) electrons. The molecule has 0 amide bonds. The highest BCUT2D eigenvalue weighted by Gasteiger charge is 2.37. The first-order valence-corrected chi connectivity index (χ1v) is 11.1. The molecule has 0 unspecified atom stereocenters. The van der Waals surface area contributed by atoms with Crippen molar-refractivity contribution in [3.05, 3.63) is 0 Å². The average Bonchev–Trinajstić information content (AvgIpc) is 2.54. The van der Waals surface area contributed by atoms with Crippen molar-refractivity contribution in [2.45, 2.75) is 96.1 Å². The largest absolute Gasteiger partial charge is 0.748 e. The fourth-order valence-corrected chi connectivity index (χ4v) is 4.75. The van der Waals surface area contributed by atoms with E-state index in [1.165, 1.54) is 68.7 Å². The van der Waals surface area contributed by atoms with Gasteiger partial charge in [0.25, 0.3) is 0 Å². The summed E-state index contributed by atoms with van der Waals surface area (Å²) in [7, 11) is 1.08. The van der Waals surface area contributed by atoms with E-state index in [-0.39, 0.29) is 5.75 Å². The van der Waals surface area contributed by atoms with Gasteiger partial charge in [-0.25, -0.2) is 8.42 Å². The SMILES string of the molecule is CCCCS(=O)(=O)[O-].C[N+](C)(C1CCCCC1)C1CCCCC1. The van der Waals surface area contributed by atoms with Gasteiger partial charge in [0.15, 0.2) is 0 Å². The molecule has 0 atom stereocenters. The second kappa shape index (κ2) is 10.00. The lowest BCUT2D eigenvalue weighted by molar-refractivity contribution is -0.941. The van der Waals surface area contributed by atoms with Crippen molar-refractivity contribution in [3.8, 4) is 0 Å². The van der Waals surface area contributed by atoms with Gasteiger partial charge >= 0.3 is 0 Å². The van der Waals surface area contributed by atoms with Crippen molar-refractivity contribution in [1.29, 1.82) is 0 Å². The van der Waals surface area contributed by atoms with Gasteiger partial charge in [0.2, 0.25) is 0 Å². The molecule has 0 aromatic carbocycles. The van der Waals surface area contributed by atoms with E-state index < -0.39 is 10.1 Å². The van der Waals surface area contributed by atoms with Crippen LogP contribution in [0.15, 0.2) is 0 Å². The highest BCUT2D eigenvalue weighted by atomic mass is 32.2. The Labute approximate surface area is 144 Å². The highest BCUT2D eigenvalue weighted by molar-refractivity contribution is 7.85. The number of nitrogens with zero attached hydrogens (tertiary/aromatic N) is 1. The third kappa shape index (κ3) is 7.99. The van der Waals surface area contributed by atoms with Crippen molar-refractivity contribution in [2.24, 2.45) is 0 Å². The minimum Gasteiger partial charge on any atom is -0.748 e. The maximum atomic E-state index is 9.83. The number of rotatable bonds is 5. The zero-order valence-electron chi connectivity index (χ0n) is 15.4. The van der Waals surface area contributed by atoms with Crippen LogP contribution in [-0.4, -0.2) is 49.4 Å². The summed E-state index contributed by atoms with van der Waals surface area (Å²) in [5, 5.41) is 0. The van der Waals surface area contributed by atoms with E-state index in [4.69, 9.17) is 0 Å².